The maximum absolute atomic E-state index is 14.0. The molecule has 0 aliphatic carbocycles. The number of hydrogen-bond donors (Lipinski definition) is 0. The topological polar surface area (TPSA) is 67.1 Å². The first kappa shape index (κ1) is 23.3. The lowest BCUT2D eigenvalue weighted by atomic mass is 9.77. The first-order valence-corrected chi connectivity index (χ1v) is 10.5. The number of furan rings is 1. The summed E-state index contributed by atoms with van der Waals surface area (Å²) in [6.07, 6.45) is -0.0583. The highest BCUT2D eigenvalue weighted by atomic mass is 19.1. The average Bonchev–Trinajstić information content (AvgIpc) is 3.21. The molecular weight excluding hydrogens is 433 g/mol. The fourth-order valence-corrected chi connectivity index (χ4v) is 3.64. The fourth-order valence-electron chi connectivity index (χ4n) is 3.64. The summed E-state index contributed by atoms with van der Waals surface area (Å²) in [4.78, 5) is 11.7. The van der Waals surface area contributed by atoms with Gasteiger partial charge in [0.2, 0.25) is 0 Å². The van der Waals surface area contributed by atoms with Crippen molar-refractivity contribution in [3.05, 3.63) is 59.4 Å². The minimum atomic E-state index is -0.771. The molecule has 0 unspecified atom stereocenters. The maximum atomic E-state index is 14.0. The third kappa shape index (κ3) is 4.61. The zero-order valence-electron chi connectivity index (χ0n) is 19.2. The smallest absolute Gasteiger partial charge is 0.488 e. The predicted octanol–water partition coefficient (Wildman–Crippen LogP) is 4.30. The molecule has 3 aromatic rings. The summed E-state index contributed by atoms with van der Waals surface area (Å²) in [7, 11) is 0.509. The first-order valence-electron chi connectivity index (χ1n) is 10.5. The van der Waals surface area contributed by atoms with Gasteiger partial charge in [0.05, 0.1) is 24.7 Å². The van der Waals surface area contributed by atoms with Gasteiger partial charge in [-0.1, -0.05) is 12.1 Å². The van der Waals surface area contributed by atoms with Gasteiger partial charge in [0, 0.05) is 28.5 Å². The molecule has 174 valence electrons. The molecule has 0 atom stereocenters. The zero-order chi connectivity index (χ0) is 24.0. The first-order chi connectivity index (χ1) is 15.5. The molecule has 0 amide bonds. The Labute approximate surface area is 190 Å². The highest BCUT2D eigenvalue weighted by Gasteiger charge is 2.52. The summed E-state index contributed by atoms with van der Waals surface area (Å²) < 4.78 is 55.9. The number of esters is 1. The SMILES string of the molecule is COC(=O)Cc1ccc(F)cc1OCc1cc(B2OC(C)(C)C(C)(C)O2)c2oc(F)cc2c1. The lowest BCUT2D eigenvalue weighted by Crippen LogP contribution is -2.41. The Balaban J connectivity index is 1.65. The molecule has 6 nitrogen and oxygen atoms in total. The molecule has 9 heteroatoms. The van der Waals surface area contributed by atoms with Gasteiger partial charge in [0.15, 0.2) is 0 Å². The van der Waals surface area contributed by atoms with Gasteiger partial charge in [-0.3, -0.25) is 4.79 Å². The Bertz CT molecular complexity index is 1190. The van der Waals surface area contributed by atoms with Crippen LogP contribution in [0.4, 0.5) is 8.78 Å². The van der Waals surface area contributed by atoms with Crippen molar-refractivity contribution in [2.24, 2.45) is 0 Å². The molecule has 33 heavy (non-hydrogen) atoms. The largest absolute Gasteiger partial charge is 0.498 e. The summed E-state index contributed by atoms with van der Waals surface area (Å²) in [5.41, 5.74) is 0.832. The zero-order valence-corrected chi connectivity index (χ0v) is 19.2. The summed E-state index contributed by atoms with van der Waals surface area (Å²) in [5.74, 6) is -0.746. The van der Waals surface area contributed by atoms with Crippen LogP contribution in [0.1, 0.15) is 38.8 Å². The summed E-state index contributed by atoms with van der Waals surface area (Å²) in [6.45, 7) is 7.73. The molecule has 0 N–H and O–H groups in total. The minimum absolute atomic E-state index is 0.0346. The highest BCUT2D eigenvalue weighted by Crippen LogP contribution is 2.37. The average molecular weight is 458 g/mol. The molecule has 1 aromatic heterocycles. The number of carbonyl (C=O) groups excluding carboxylic acids is 1. The van der Waals surface area contributed by atoms with Crippen LogP contribution in [-0.2, 0) is 31.9 Å². The Kier molecular flexibility index (Phi) is 5.96. The third-order valence-electron chi connectivity index (χ3n) is 6.17. The Hall–Kier alpha value is -2.91. The molecule has 0 saturated carbocycles. The van der Waals surface area contributed by atoms with E-state index >= 15 is 0 Å². The van der Waals surface area contributed by atoms with Crippen LogP contribution in [0, 0.1) is 11.8 Å². The summed E-state index contributed by atoms with van der Waals surface area (Å²) in [5, 5.41) is 0.521. The number of ether oxygens (including phenoxy) is 2. The summed E-state index contributed by atoms with van der Waals surface area (Å²) in [6, 6.07) is 7.96. The van der Waals surface area contributed by atoms with Crippen molar-refractivity contribution in [2.75, 3.05) is 7.11 Å². The van der Waals surface area contributed by atoms with Gasteiger partial charge in [-0.25, -0.2) is 4.39 Å². The lowest BCUT2D eigenvalue weighted by molar-refractivity contribution is -0.139. The minimum Gasteiger partial charge on any atom is -0.488 e. The fraction of sp³-hybridized carbons (Fsp3) is 0.375. The highest BCUT2D eigenvalue weighted by molar-refractivity contribution is 6.64. The second-order valence-electron chi connectivity index (χ2n) is 9.04. The number of hydrogen-bond acceptors (Lipinski definition) is 6. The van der Waals surface area contributed by atoms with Crippen LogP contribution >= 0.6 is 0 Å². The molecule has 0 bridgehead atoms. The van der Waals surface area contributed by atoms with E-state index in [9.17, 15) is 13.6 Å². The molecule has 2 aromatic carbocycles. The molecule has 0 radical (unpaired) electrons. The molecule has 4 rings (SSSR count). The van der Waals surface area contributed by atoms with Crippen molar-refractivity contribution >= 4 is 29.5 Å². The maximum Gasteiger partial charge on any atom is 0.498 e. The van der Waals surface area contributed by atoms with E-state index in [2.05, 4.69) is 0 Å². The van der Waals surface area contributed by atoms with Crippen molar-refractivity contribution in [2.45, 2.75) is 51.9 Å². The molecule has 0 spiro atoms. The van der Waals surface area contributed by atoms with Crippen molar-refractivity contribution in [3.8, 4) is 5.75 Å². The Morgan fingerprint density at radius 1 is 1.03 bits per heavy atom. The van der Waals surface area contributed by atoms with Gasteiger partial charge in [0.1, 0.15) is 23.8 Å². The van der Waals surface area contributed by atoms with E-state index in [4.69, 9.17) is 23.2 Å². The molecule has 1 fully saturated rings. The van der Waals surface area contributed by atoms with Gasteiger partial charge in [-0.15, -0.1) is 0 Å². The lowest BCUT2D eigenvalue weighted by Gasteiger charge is -2.32. The van der Waals surface area contributed by atoms with E-state index in [1.54, 1.807) is 12.1 Å². The van der Waals surface area contributed by atoms with E-state index in [1.807, 2.05) is 27.7 Å². The van der Waals surface area contributed by atoms with E-state index in [1.165, 1.54) is 31.4 Å². The second kappa shape index (κ2) is 8.46. The van der Waals surface area contributed by atoms with E-state index in [-0.39, 0.29) is 18.8 Å². The van der Waals surface area contributed by atoms with E-state index in [0.717, 1.165) is 0 Å². The number of benzene rings is 2. The third-order valence-corrected chi connectivity index (χ3v) is 6.17. The van der Waals surface area contributed by atoms with Gasteiger partial charge < -0.3 is 23.2 Å². The molecule has 1 aliphatic rings. The normalized spacial score (nSPS) is 16.9. The van der Waals surface area contributed by atoms with E-state index in [0.29, 0.717) is 27.6 Å². The standard InChI is InChI=1S/C24H25BF2O6/c1-23(2)24(3,4)33-25(32-23)18-9-14(8-16-10-20(27)31-22(16)18)13-30-19-12-17(26)7-6-15(19)11-21(28)29-5/h6-10,12H,11,13H2,1-5H3. The van der Waals surface area contributed by atoms with Crippen molar-refractivity contribution < 1.29 is 36.8 Å². The van der Waals surface area contributed by atoms with Crippen LogP contribution in [0.5, 0.6) is 5.75 Å². The van der Waals surface area contributed by atoms with E-state index < -0.39 is 36.1 Å². The number of carbonyl (C=O) groups is 1. The van der Waals surface area contributed by atoms with Crippen LogP contribution in [-0.4, -0.2) is 31.4 Å². The monoisotopic (exact) mass is 458 g/mol. The summed E-state index contributed by atoms with van der Waals surface area (Å²) >= 11 is 0. The quantitative estimate of drug-likeness (QED) is 0.405. The van der Waals surface area contributed by atoms with Gasteiger partial charge >= 0.3 is 13.1 Å². The Morgan fingerprint density at radius 3 is 2.39 bits per heavy atom. The van der Waals surface area contributed by atoms with Crippen molar-refractivity contribution in [1.82, 2.24) is 0 Å². The van der Waals surface area contributed by atoms with Crippen LogP contribution in [0.15, 0.2) is 40.8 Å². The number of methoxy groups -OCH3 is 1. The van der Waals surface area contributed by atoms with Crippen LogP contribution in [0.3, 0.4) is 0 Å². The molecule has 1 saturated heterocycles. The van der Waals surface area contributed by atoms with Crippen LogP contribution in [0.2, 0.25) is 0 Å². The number of fused-ring (bicyclic) bond motifs is 1. The number of rotatable bonds is 6. The van der Waals surface area contributed by atoms with Gasteiger partial charge in [-0.2, -0.15) is 4.39 Å². The Morgan fingerprint density at radius 2 is 1.73 bits per heavy atom. The van der Waals surface area contributed by atoms with Gasteiger partial charge in [0.25, 0.3) is 6.01 Å². The molecular formula is C24H25BF2O6. The molecule has 1 aliphatic heterocycles. The predicted molar refractivity (Wildman–Crippen MR) is 118 cm³/mol. The second-order valence-corrected chi connectivity index (χ2v) is 9.04. The van der Waals surface area contributed by atoms with Crippen LogP contribution in [0.25, 0.3) is 11.0 Å². The van der Waals surface area contributed by atoms with Crippen molar-refractivity contribution in [3.63, 3.8) is 0 Å². The van der Waals surface area contributed by atoms with Crippen LogP contribution < -0.4 is 10.2 Å². The van der Waals surface area contributed by atoms with Gasteiger partial charge in [-0.05, 0) is 45.4 Å². The number of halogens is 2. The van der Waals surface area contributed by atoms with Crippen molar-refractivity contribution in [1.29, 1.82) is 0 Å². The molecule has 2 heterocycles.